The van der Waals surface area contributed by atoms with Gasteiger partial charge >= 0.3 is 0 Å². The quantitative estimate of drug-likeness (QED) is 0.420. The van der Waals surface area contributed by atoms with Crippen LogP contribution in [-0.2, 0) is 0 Å². The number of hydrogen-bond donors (Lipinski definition) is 2. The number of likely N-dealkylation sites (tertiary alicyclic amines) is 1. The van der Waals surface area contributed by atoms with Gasteiger partial charge in [-0.25, -0.2) is 4.98 Å². The number of nitrogens with zero attached hydrogens (tertiary/aromatic N) is 4. The smallest absolute Gasteiger partial charge is 0.170 e. The minimum atomic E-state index is 0.695. The van der Waals surface area contributed by atoms with Crippen molar-refractivity contribution in [2.45, 2.75) is 58.9 Å². The molecule has 0 amide bonds. The second kappa shape index (κ2) is 12.1. The number of benzene rings is 1. The highest BCUT2D eigenvalue weighted by Gasteiger charge is 2.20. The summed E-state index contributed by atoms with van der Waals surface area (Å²) >= 11 is 5.57. The van der Waals surface area contributed by atoms with Gasteiger partial charge in [0, 0.05) is 56.4 Å². The van der Waals surface area contributed by atoms with Gasteiger partial charge in [0.15, 0.2) is 5.11 Å². The Labute approximate surface area is 211 Å². The zero-order chi connectivity index (χ0) is 23.9. The molecule has 7 heteroatoms. The summed E-state index contributed by atoms with van der Waals surface area (Å²) in [5.74, 6) is 1.10. The van der Waals surface area contributed by atoms with Crippen LogP contribution in [0.1, 0.15) is 51.5 Å². The summed E-state index contributed by atoms with van der Waals surface area (Å²) in [6, 6.07) is 9.37. The molecule has 4 rings (SSSR count). The van der Waals surface area contributed by atoms with E-state index in [9.17, 15) is 0 Å². The molecule has 34 heavy (non-hydrogen) atoms. The van der Waals surface area contributed by atoms with Crippen molar-refractivity contribution < 1.29 is 0 Å². The minimum absolute atomic E-state index is 0.695. The first-order valence-electron chi connectivity index (χ1n) is 13.2. The highest BCUT2D eigenvalue weighted by Crippen LogP contribution is 2.26. The van der Waals surface area contributed by atoms with Gasteiger partial charge in [-0.2, -0.15) is 0 Å². The number of rotatable bonds is 8. The second-order valence-corrected chi connectivity index (χ2v) is 10.2. The fourth-order valence-corrected chi connectivity index (χ4v) is 5.61. The van der Waals surface area contributed by atoms with Crippen LogP contribution in [0.4, 0.5) is 11.5 Å². The third-order valence-corrected chi connectivity index (χ3v) is 7.78. The standard InChI is InChI=1S/C27H42N6S/c1-4-23-9-6-7-13-32(23)14-8-12-28-27(34)29-22-10-11-25-24(20-22)21(3)19-26(30-25)33-17-15-31(5-2)16-18-33/h10-11,19-20,23H,4-9,12-18H2,1-3H3,(H2,28,29,34)/t23-/m1/s1. The summed E-state index contributed by atoms with van der Waals surface area (Å²) in [5.41, 5.74) is 3.32. The van der Waals surface area contributed by atoms with Crippen molar-refractivity contribution in [2.75, 3.05) is 62.6 Å². The molecule has 2 aliphatic rings. The zero-order valence-corrected chi connectivity index (χ0v) is 22.1. The van der Waals surface area contributed by atoms with Crippen LogP contribution in [0.2, 0.25) is 0 Å². The molecule has 3 heterocycles. The number of fused-ring (bicyclic) bond motifs is 1. The molecule has 1 aromatic heterocycles. The van der Waals surface area contributed by atoms with Crippen molar-refractivity contribution in [3.8, 4) is 0 Å². The van der Waals surface area contributed by atoms with Gasteiger partial charge < -0.3 is 25.3 Å². The van der Waals surface area contributed by atoms with Gasteiger partial charge in [-0.15, -0.1) is 0 Å². The maximum Gasteiger partial charge on any atom is 0.170 e. The van der Waals surface area contributed by atoms with Crippen LogP contribution in [0.5, 0.6) is 0 Å². The van der Waals surface area contributed by atoms with Crippen LogP contribution in [0, 0.1) is 6.92 Å². The number of aryl methyl sites for hydroxylation is 1. The van der Waals surface area contributed by atoms with Crippen molar-refractivity contribution in [2.24, 2.45) is 0 Å². The van der Waals surface area contributed by atoms with E-state index in [1.165, 1.54) is 43.2 Å². The number of anilines is 2. The number of hydrogen-bond acceptors (Lipinski definition) is 5. The van der Waals surface area contributed by atoms with Crippen molar-refractivity contribution in [1.29, 1.82) is 0 Å². The number of aromatic nitrogens is 1. The molecule has 0 unspecified atom stereocenters. The maximum absolute atomic E-state index is 5.57. The van der Waals surface area contributed by atoms with E-state index in [1.807, 2.05) is 0 Å². The Balaban J connectivity index is 1.29. The Morgan fingerprint density at radius 1 is 1.09 bits per heavy atom. The summed E-state index contributed by atoms with van der Waals surface area (Å²) in [4.78, 5) is 12.5. The van der Waals surface area contributed by atoms with Gasteiger partial charge in [-0.3, -0.25) is 0 Å². The van der Waals surface area contributed by atoms with Crippen LogP contribution in [0.25, 0.3) is 10.9 Å². The monoisotopic (exact) mass is 482 g/mol. The molecular formula is C27H42N6S. The van der Waals surface area contributed by atoms with Gasteiger partial charge in [-0.05, 0) is 87.7 Å². The maximum atomic E-state index is 5.57. The van der Waals surface area contributed by atoms with E-state index in [0.717, 1.165) is 75.3 Å². The Hall–Kier alpha value is -1.96. The zero-order valence-electron chi connectivity index (χ0n) is 21.3. The second-order valence-electron chi connectivity index (χ2n) is 9.78. The predicted octanol–water partition coefficient (Wildman–Crippen LogP) is 4.63. The summed E-state index contributed by atoms with van der Waals surface area (Å²) in [6.45, 7) is 15.5. The normalized spacial score (nSPS) is 20.0. The summed E-state index contributed by atoms with van der Waals surface area (Å²) < 4.78 is 0. The first kappa shape index (κ1) is 25.1. The molecule has 2 aliphatic heterocycles. The lowest BCUT2D eigenvalue weighted by molar-refractivity contribution is 0.143. The molecule has 0 aliphatic carbocycles. The molecular weight excluding hydrogens is 440 g/mol. The number of nitrogens with one attached hydrogen (secondary N) is 2. The van der Waals surface area contributed by atoms with E-state index >= 15 is 0 Å². The van der Waals surface area contributed by atoms with E-state index in [4.69, 9.17) is 17.2 Å². The van der Waals surface area contributed by atoms with Crippen LogP contribution >= 0.6 is 12.2 Å². The Bertz CT molecular complexity index is 956. The SMILES string of the molecule is CC[C@@H]1CCCCN1CCCNC(=S)Nc1ccc2nc(N3CCN(CC)CC3)cc(C)c2c1. The van der Waals surface area contributed by atoms with Crippen LogP contribution in [0.3, 0.4) is 0 Å². The largest absolute Gasteiger partial charge is 0.362 e. The number of likely N-dealkylation sites (N-methyl/N-ethyl adjacent to an activating group) is 1. The van der Waals surface area contributed by atoms with E-state index < -0.39 is 0 Å². The average Bonchev–Trinajstić information content (AvgIpc) is 2.87. The average molecular weight is 483 g/mol. The van der Waals surface area contributed by atoms with Crippen molar-refractivity contribution >= 4 is 39.7 Å². The van der Waals surface area contributed by atoms with E-state index in [-0.39, 0.29) is 0 Å². The molecule has 1 atom stereocenters. The Kier molecular flexibility index (Phi) is 8.98. The van der Waals surface area contributed by atoms with Gasteiger partial charge in [-0.1, -0.05) is 20.3 Å². The fraction of sp³-hybridized carbons (Fsp3) is 0.630. The van der Waals surface area contributed by atoms with Crippen molar-refractivity contribution in [3.05, 3.63) is 29.8 Å². The Morgan fingerprint density at radius 2 is 1.91 bits per heavy atom. The molecule has 0 bridgehead atoms. The third kappa shape index (κ3) is 6.37. The molecule has 2 N–H and O–H groups in total. The first-order valence-corrected chi connectivity index (χ1v) is 13.7. The topological polar surface area (TPSA) is 46.7 Å². The molecule has 6 nitrogen and oxygen atoms in total. The van der Waals surface area contributed by atoms with E-state index in [0.29, 0.717) is 5.11 Å². The van der Waals surface area contributed by atoms with Gasteiger partial charge in [0.25, 0.3) is 0 Å². The van der Waals surface area contributed by atoms with Crippen molar-refractivity contribution in [1.82, 2.24) is 20.1 Å². The van der Waals surface area contributed by atoms with E-state index in [1.54, 1.807) is 0 Å². The van der Waals surface area contributed by atoms with Crippen LogP contribution in [-0.4, -0.2) is 78.3 Å². The first-order chi connectivity index (χ1) is 16.6. The molecule has 1 aromatic carbocycles. The molecule has 2 aromatic rings. The van der Waals surface area contributed by atoms with Gasteiger partial charge in [0.2, 0.25) is 0 Å². The highest BCUT2D eigenvalue weighted by molar-refractivity contribution is 7.80. The lowest BCUT2D eigenvalue weighted by atomic mass is 10.00. The van der Waals surface area contributed by atoms with Gasteiger partial charge in [0.1, 0.15) is 5.82 Å². The molecule has 186 valence electrons. The number of piperazine rings is 1. The molecule has 0 spiro atoms. The molecule has 2 saturated heterocycles. The summed E-state index contributed by atoms with van der Waals surface area (Å²) in [7, 11) is 0. The lowest BCUT2D eigenvalue weighted by Gasteiger charge is -2.35. The molecule has 0 radical (unpaired) electrons. The fourth-order valence-electron chi connectivity index (χ4n) is 5.39. The summed E-state index contributed by atoms with van der Waals surface area (Å²) in [6.07, 6.45) is 6.47. The van der Waals surface area contributed by atoms with E-state index in [2.05, 4.69) is 70.4 Å². The molecule has 2 fully saturated rings. The minimum Gasteiger partial charge on any atom is -0.362 e. The van der Waals surface area contributed by atoms with Crippen LogP contribution in [0.15, 0.2) is 24.3 Å². The predicted molar refractivity (Wildman–Crippen MR) is 149 cm³/mol. The number of piperidine rings is 1. The van der Waals surface area contributed by atoms with Crippen LogP contribution < -0.4 is 15.5 Å². The van der Waals surface area contributed by atoms with Gasteiger partial charge in [0.05, 0.1) is 5.52 Å². The number of thiocarbonyl (C=S) groups is 1. The highest BCUT2D eigenvalue weighted by atomic mass is 32.1. The number of pyridine rings is 1. The van der Waals surface area contributed by atoms with Crippen molar-refractivity contribution in [3.63, 3.8) is 0 Å². The Morgan fingerprint density at radius 3 is 2.68 bits per heavy atom. The molecule has 0 saturated carbocycles. The lowest BCUT2D eigenvalue weighted by Crippen LogP contribution is -2.46. The summed E-state index contributed by atoms with van der Waals surface area (Å²) in [5, 5.41) is 8.64. The third-order valence-electron chi connectivity index (χ3n) is 7.53.